The molecule has 2 aliphatic rings. The summed E-state index contributed by atoms with van der Waals surface area (Å²) in [5.74, 6) is 0.588. The molecule has 2 aliphatic heterocycles. The van der Waals surface area contributed by atoms with Crippen LogP contribution in [0.15, 0.2) is 16.3 Å². The molecular formula is C18H29N3O3S2. The molecule has 2 fully saturated rings. The van der Waals surface area contributed by atoms with Crippen LogP contribution < -0.4 is 0 Å². The predicted molar refractivity (Wildman–Crippen MR) is 104 cm³/mol. The monoisotopic (exact) mass is 399 g/mol. The molecule has 0 spiro atoms. The summed E-state index contributed by atoms with van der Waals surface area (Å²) >= 11 is 1.28. The lowest BCUT2D eigenvalue weighted by molar-refractivity contribution is -0.136. The molecule has 0 aliphatic carbocycles. The Morgan fingerprint density at radius 3 is 2.46 bits per heavy atom. The number of thiophene rings is 1. The van der Waals surface area contributed by atoms with Crippen molar-refractivity contribution >= 4 is 27.3 Å². The Balaban J connectivity index is 1.68. The van der Waals surface area contributed by atoms with E-state index in [1.807, 2.05) is 17.9 Å². The second kappa shape index (κ2) is 7.96. The number of nitrogens with zero attached hydrogens (tertiary/aromatic N) is 3. The van der Waals surface area contributed by atoms with Gasteiger partial charge in [0.2, 0.25) is 5.91 Å². The molecule has 8 heteroatoms. The molecule has 0 radical (unpaired) electrons. The predicted octanol–water partition coefficient (Wildman–Crippen LogP) is 2.01. The van der Waals surface area contributed by atoms with E-state index in [-0.39, 0.29) is 5.91 Å². The Morgan fingerprint density at radius 1 is 1.19 bits per heavy atom. The smallest absolute Gasteiger partial charge is 0.253 e. The van der Waals surface area contributed by atoms with Gasteiger partial charge in [-0.25, -0.2) is 8.42 Å². The van der Waals surface area contributed by atoms with E-state index in [0.29, 0.717) is 36.2 Å². The number of hydrogen-bond acceptors (Lipinski definition) is 5. The molecule has 1 aromatic heterocycles. The van der Waals surface area contributed by atoms with Gasteiger partial charge in [0.05, 0.1) is 0 Å². The second-order valence-electron chi connectivity index (χ2n) is 7.66. The summed E-state index contributed by atoms with van der Waals surface area (Å²) in [6.45, 7) is 10.9. The largest absolute Gasteiger partial charge is 0.339 e. The molecule has 3 heterocycles. The zero-order valence-corrected chi connectivity index (χ0v) is 17.5. The summed E-state index contributed by atoms with van der Waals surface area (Å²) < 4.78 is 27.7. The van der Waals surface area contributed by atoms with Crippen molar-refractivity contribution in [3.05, 3.63) is 17.0 Å². The minimum Gasteiger partial charge on any atom is -0.339 e. The van der Waals surface area contributed by atoms with Crippen molar-refractivity contribution in [3.63, 3.8) is 0 Å². The molecule has 146 valence electrons. The number of carbonyl (C=O) groups is 1. The maximum Gasteiger partial charge on any atom is 0.253 e. The minimum atomic E-state index is -3.58. The highest BCUT2D eigenvalue weighted by Crippen LogP contribution is 2.31. The zero-order valence-electron chi connectivity index (χ0n) is 15.8. The molecule has 1 aromatic rings. The van der Waals surface area contributed by atoms with E-state index < -0.39 is 16.1 Å². The first-order chi connectivity index (χ1) is 12.3. The molecule has 0 saturated carbocycles. The topological polar surface area (TPSA) is 60.9 Å². The van der Waals surface area contributed by atoms with Crippen LogP contribution in [0.2, 0.25) is 0 Å². The quantitative estimate of drug-likeness (QED) is 0.760. The van der Waals surface area contributed by atoms with E-state index in [2.05, 4.69) is 18.7 Å². The Kier molecular flexibility index (Phi) is 6.06. The summed E-state index contributed by atoms with van der Waals surface area (Å²) in [6.07, 6.45) is 1.36. The van der Waals surface area contributed by atoms with E-state index in [0.717, 1.165) is 30.9 Å². The third-order valence-electron chi connectivity index (χ3n) is 5.07. The van der Waals surface area contributed by atoms with Crippen LogP contribution in [0.25, 0.3) is 0 Å². The number of carbonyl (C=O) groups excluding carboxylic acids is 1. The van der Waals surface area contributed by atoms with E-state index in [9.17, 15) is 13.2 Å². The molecular weight excluding hydrogens is 370 g/mol. The van der Waals surface area contributed by atoms with Crippen molar-refractivity contribution in [2.75, 3.05) is 39.3 Å². The van der Waals surface area contributed by atoms with Gasteiger partial charge in [0.25, 0.3) is 10.0 Å². The van der Waals surface area contributed by atoms with Gasteiger partial charge in [0.1, 0.15) is 10.3 Å². The van der Waals surface area contributed by atoms with Gasteiger partial charge in [0, 0.05) is 44.1 Å². The van der Waals surface area contributed by atoms with Crippen LogP contribution in [0.5, 0.6) is 0 Å². The minimum absolute atomic E-state index is 0.0245. The summed E-state index contributed by atoms with van der Waals surface area (Å²) in [6, 6.07) is 2.93. The first-order valence-corrected chi connectivity index (χ1v) is 11.6. The molecule has 26 heavy (non-hydrogen) atoms. The van der Waals surface area contributed by atoms with Crippen LogP contribution in [0, 0.1) is 12.8 Å². The third-order valence-corrected chi connectivity index (χ3v) is 8.45. The van der Waals surface area contributed by atoms with E-state index >= 15 is 0 Å². The lowest BCUT2D eigenvalue weighted by atomic mass is 10.1. The number of rotatable bonds is 5. The van der Waals surface area contributed by atoms with Gasteiger partial charge in [0.15, 0.2) is 0 Å². The van der Waals surface area contributed by atoms with Gasteiger partial charge in [-0.1, -0.05) is 13.8 Å². The van der Waals surface area contributed by atoms with E-state index in [4.69, 9.17) is 0 Å². The average molecular weight is 400 g/mol. The Bertz CT molecular complexity index is 737. The molecule has 0 bridgehead atoms. The number of sulfonamides is 1. The van der Waals surface area contributed by atoms with Crippen LogP contribution >= 0.6 is 11.3 Å². The highest BCUT2D eigenvalue weighted by molar-refractivity contribution is 7.91. The van der Waals surface area contributed by atoms with Crippen molar-refractivity contribution in [1.82, 2.24) is 14.1 Å². The summed E-state index contributed by atoms with van der Waals surface area (Å²) in [7, 11) is -3.58. The average Bonchev–Trinajstić information content (AvgIpc) is 3.24. The third kappa shape index (κ3) is 4.13. The Hall–Kier alpha value is -0.960. The standard InChI is InChI=1S/C18H29N3O3S2/c1-14(2)13-19-9-11-20(12-10-19)18(22)16-5-4-8-21(16)26(23,24)17-7-6-15(3)25-17/h6-7,14,16H,4-5,8-13H2,1-3H3. The molecule has 1 amide bonds. The summed E-state index contributed by atoms with van der Waals surface area (Å²) in [5, 5.41) is 0. The van der Waals surface area contributed by atoms with Crippen LogP contribution in [0.3, 0.4) is 0 Å². The van der Waals surface area contributed by atoms with Gasteiger partial charge in [-0.15, -0.1) is 11.3 Å². The first kappa shape index (κ1) is 19.8. The van der Waals surface area contributed by atoms with Crippen molar-refractivity contribution in [2.45, 2.75) is 43.9 Å². The highest BCUT2D eigenvalue weighted by Gasteiger charge is 2.42. The fraction of sp³-hybridized carbons (Fsp3) is 0.722. The fourth-order valence-corrected chi connectivity index (χ4v) is 6.88. The Labute approximate surface area is 160 Å². The molecule has 1 atom stereocenters. The first-order valence-electron chi connectivity index (χ1n) is 9.38. The molecule has 6 nitrogen and oxygen atoms in total. The van der Waals surface area contributed by atoms with Crippen molar-refractivity contribution in [1.29, 1.82) is 0 Å². The maximum atomic E-state index is 13.0. The van der Waals surface area contributed by atoms with Gasteiger partial charge in [-0.05, 0) is 37.8 Å². The van der Waals surface area contributed by atoms with Gasteiger partial charge < -0.3 is 4.90 Å². The normalized spacial score (nSPS) is 23.1. The number of piperazine rings is 1. The number of hydrogen-bond donors (Lipinski definition) is 0. The van der Waals surface area contributed by atoms with Crippen LogP contribution in [-0.2, 0) is 14.8 Å². The van der Waals surface area contributed by atoms with Crippen molar-refractivity contribution in [2.24, 2.45) is 5.92 Å². The zero-order chi connectivity index (χ0) is 18.9. The summed E-state index contributed by atoms with van der Waals surface area (Å²) in [5.41, 5.74) is 0. The van der Waals surface area contributed by atoms with E-state index in [1.54, 1.807) is 6.07 Å². The Morgan fingerprint density at radius 2 is 1.88 bits per heavy atom. The van der Waals surface area contributed by atoms with Crippen LogP contribution in [-0.4, -0.2) is 73.7 Å². The fourth-order valence-electron chi connectivity index (χ4n) is 3.82. The molecule has 2 saturated heterocycles. The van der Waals surface area contributed by atoms with Crippen LogP contribution in [0.4, 0.5) is 0 Å². The summed E-state index contributed by atoms with van der Waals surface area (Å²) in [4.78, 5) is 18.2. The van der Waals surface area contributed by atoms with Gasteiger partial charge in [-0.2, -0.15) is 4.31 Å². The van der Waals surface area contributed by atoms with Gasteiger partial charge >= 0.3 is 0 Å². The number of amides is 1. The number of aryl methyl sites for hydroxylation is 1. The molecule has 1 unspecified atom stereocenters. The van der Waals surface area contributed by atoms with Crippen LogP contribution in [0.1, 0.15) is 31.6 Å². The van der Waals surface area contributed by atoms with Gasteiger partial charge in [-0.3, -0.25) is 9.69 Å². The molecule has 0 aromatic carbocycles. The van der Waals surface area contributed by atoms with Crippen molar-refractivity contribution < 1.29 is 13.2 Å². The van der Waals surface area contributed by atoms with E-state index in [1.165, 1.54) is 15.6 Å². The van der Waals surface area contributed by atoms with Crippen molar-refractivity contribution in [3.8, 4) is 0 Å². The maximum absolute atomic E-state index is 13.0. The second-order valence-corrected chi connectivity index (χ2v) is 11.1. The molecule has 3 rings (SSSR count). The lowest BCUT2D eigenvalue weighted by Gasteiger charge is -2.37. The lowest BCUT2D eigenvalue weighted by Crippen LogP contribution is -2.54. The SMILES string of the molecule is Cc1ccc(S(=O)(=O)N2CCCC2C(=O)N2CCN(CC(C)C)CC2)s1. The highest BCUT2D eigenvalue weighted by atomic mass is 32.2. The molecule has 0 N–H and O–H groups in total.